The molecule has 0 aliphatic carbocycles. The van der Waals surface area contributed by atoms with Gasteiger partial charge in [-0.2, -0.15) is 0 Å². The monoisotopic (exact) mass is 298 g/mol. The van der Waals surface area contributed by atoms with Gasteiger partial charge in [0, 0.05) is 30.4 Å². The second kappa shape index (κ2) is 9.99. The minimum absolute atomic E-state index is 1.02. The first-order valence-electron chi connectivity index (χ1n) is 8.53. The van der Waals surface area contributed by atoms with Crippen LogP contribution >= 0.6 is 0 Å². The highest BCUT2D eigenvalue weighted by atomic mass is 15.1. The van der Waals surface area contributed by atoms with Crippen molar-refractivity contribution in [2.45, 2.75) is 47.0 Å². The minimum atomic E-state index is 1.02. The summed E-state index contributed by atoms with van der Waals surface area (Å²) in [5, 5.41) is 1.28. The molecule has 0 fully saturated rings. The summed E-state index contributed by atoms with van der Waals surface area (Å²) in [4.78, 5) is 6.90. The van der Waals surface area contributed by atoms with Crippen molar-refractivity contribution in [1.29, 1.82) is 0 Å². The third kappa shape index (κ3) is 4.59. The number of nitrogens with zero attached hydrogens (tertiary/aromatic N) is 2. The zero-order valence-corrected chi connectivity index (χ0v) is 14.6. The lowest BCUT2D eigenvalue weighted by Gasteiger charge is -2.24. The zero-order chi connectivity index (χ0) is 16.4. The third-order valence-electron chi connectivity index (χ3n) is 3.66. The van der Waals surface area contributed by atoms with E-state index in [1.165, 1.54) is 16.6 Å². The molecule has 0 radical (unpaired) electrons. The molecule has 0 saturated heterocycles. The molecule has 0 spiro atoms. The highest BCUT2D eigenvalue weighted by Crippen LogP contribution is 2.24. The predicted octanol–water partition coefficient (Wildman–Crippen LogP) is 5.62. The summed E-state index contributed by atoms with van der Waals surface area (Å²) in [5.74, 6) is 0. The Kier molecular flexibility index (Phi) is 8.27. The van der Waals surface area contributed by atoms with Crippen molar-refractivity contribution in [3.05, 3.63) is 48.7 Å². The molecule has 0 atom stereocenters. The molecule has 1 heterocycles. The van der Waals surface area contributed by atoms with E-state index in [9.17, 15) is 0 Å². The summed E-state index contributed by atoms with van der Waals surface area (Å²) in [5.41, 5.74) is 3.76. The molecule has 0 amide bonds. The van der Waals surface area contributed by atoms with Gasteiger partial charge >= 0.3 is 0 Å². The van der Waals surface area contributed by atoms with Crippen LogP contribution in [0.1, 0.15) is 46.1 Å². The molecule has 0 aliphatic heterocycles. The molecular formula is C20H30N2. The number of hydrogen-bond donors (Lipinski definition) is 0. The van der Waals surface area contributed by atoms with E-state index >= 15 is 0 Å². The maximum absolute atomic E-state index is 4.46. The molecule has 1 aromatic carbocycles. The first kappa shape index (κ1) is 18.2. The van der Waals surface area contributed by atoms with Gasteiger partial charge in [0.05, 0.1) is 5.52 Å². The largest absolute Gasteiger partial charge is 0.371 e. The third-order valence-corrected chi connectivity index (χ3v) is 3.66. The number of aryl methyl sites for hydroxylation is 1. The standard InChI is InChI=1S/C18H24N2.C2H6/c1-4-7-13-20(12-5-2)16-8-9-18-17(14-16)15(6-3)10-11-19-18;1-2/h4,8-11,14H,1,5-7,12-13H2,2-3H3;1-2H3. The van der Waals surface area contributed by atoms with Crippen molar-refractivity contribution >= 4 is 16.6 Å². The Morgan fingerprint density at radius 2 is 1.91 bits per heavy atom. The highest BCUT2D eigenvalue weighted by Gasteiger charge is 2.07. The molecule has 120 valence electrons. The lowest BCUT2D eigenvalue weighted by molar-refractivity contribution is 0.765. The number of hydrogen-bond acceptors (Lipinski definition) is 2. The Labute approximate surface area is 135 Å². The van der Waals surface area contributed by atoms with Gasteiger partial charge in [0.2, 0.25) is 0 Å². The first-order chi connectivity index (χ1) is 10.8. The number of fused-ring (bicyclic) bond motifs is 1. The summed E-state index contributed by atoms with van der Waals surface area (Å²) in [6.45, 7) is 14.4. The molecule has 0 unspecified atom stereocenters. The fraction of sp³-hybridized carbons (Fsp3) is 0.450. The Bertz CT molecular complexity index is 575. The van der Waals surface area contributed by atoms with E-state index in [0.29, 0.717) is 0 Å². The summed E-state index contributed by atoms with van der Waals surface area (Å²) in [6.07, 6.45) is 7.11. The van der Waals surface area contributed by atoms with Gasteiger partial charge in [-0.1, -0.05) is 33.8 Å². The van der Waals surface area contributed by atoms with E-state index in [2.05, 4.69) is 54.6 Å². The number of aromatic nitrogens is 1. The van der Waals surface area contributed by atoms with Crippen molar-refractivity contribution < 1.29 is 0 Å². The van der Waals surface area contributed by atoms with Crippen LogP contribution in [0.5, 0.6) is 0 Å². The molecule has 2 rings (SSSR count). The summed E-state index contributed by atoms with van der Waals surface area (Å²) in [6, 6.07) is 8.74. The van der Waals surface area contributed by atoms with E-state index in [0.717, 1.165) is 37.9 Å². The molecule has 0 N–H and O–H groups in total. The van der Waals surface area contributed by atoms with Gasteiger partial charge in [-0.25, -0.2) is 0 Å². The van der Waals surface area contributed by atoms with Crippen molar-refractivity contribution in [3.8, 4) is 0 Å². The van der Waals surface area contributed by atoms with Crippen molar-refractivity contribution in [1.82, 2.24) is 4.98 Å². The quantitative estimate of drug-likeness (QED) is 0.617. The van der Waals surface area contributed by atoms with Gasteiger partial charge in [-0.05, 0) is 49.1 Å². The first-order valence-corrected chi connectivity index (χ1v) is 8.53. The van der Waals surface area contributed by atoms with E-state index < -0.39 is 0 Å². The van der Waals surface area contributed by atoms with Gasteiger partial charge in [-0.3, -0.25) is 4.98 Å². The number of anilines is 1. The van der Waals surface area contributed by atoms with E-state index in [1.807, 2.05) is 26.1 Å². The summed E-state index contributed by atoms with van der Waals surface area (Å²) >= 11 is 0. The minimum Gasteiger partial charge on any atom is -0.371 e. The SMILES string of the molecule is C=CCCN(CCC)c1ccc2nccc(CC)c2c1.CC. The molecule has 0 aliphatic rings. The lowest BCUT2D eigenvalue weighted by Crippen LogP contribution is -2.24. The van der Waals surface area contributed by atoms with Crippen molar-refractivity contribution in [3.63, 3.8) is 0 Å². The average molecular weight is 298 g/mol. The molecule has 22 heavy (non-hydrogen) atoms. The molecule has 2 heteroatoms. The van der Waals surface area contributed by atoms with Crippen LogP contribution in [0, 0.1) is 0 Å². The van der Waals surface area contributed by atoms with Crippen LogP contribution in [-0.2, 0) is 6.42 Å². The maximum atomic E-state index is 4.46. The van der Waals surface area contributed by atoms with Crippen LogP contribution in [0.25, 0.3) is 10.9 Å². The average Bonchev–Trinajstić information content (AvgIpc) is 2.59. The molecule has 2 nitrogen and oxygen atoms in total. The normalized spacial score (nSPS) is 10.0. The smallest absolute Gasteiger partial charge is 0.0706 e. The van der Waals surface area contributed by atoms with Crippen LogP contribution < -0.4 is 4.90 Å². The van der Waals surface area contributed by atoms with E-state index in [4.69, 9.17) is 0 Å². The van der Waals surface area contributed by atoms with Crippen molar-refractivity contribution in [2.24, 2.45) is 0 Å². The van der Waals surface area contributed by atoms with Gasteiger partial charge in [-0.15, -0.1) is 6.58 Å². The zero-order valence-electron chi connectivity index (χ0n) is 14.6. The molecular weight excluding hydrogens is 268 g/mol. The Balaban J connectivity index is 0.00000116. The van der Waals surface area contributed by atoms with Gasteiger partial charge in [0.1, 0.15) is 0 Å². The topological polar surface area (TPSA) is 16.1 Å². The molecule has 0 saturated carbocycles. The maximum Gasteiger partial charge on any atom is 0.0706 e. The Hall–Kier alpha value is -1.83. The van der Waals surface area contributed by atoms with Crippen LogP contribution in [0.2, 0.25) is 0 Å². The second-order valence-corrected chi connectivity index (χ2v) is 5.09. The lowest BCUT2D eigenvalue weighted by atomic mass is 10.1. The number of pyridine rings is 1. The van der Waals surface area contributed by atoms with Gasteiger partial charge in [0.15, 0.2) is 0 Å². The Morgan fingerprint density at radius 1 is 1.14 bits per heavy atom. The van der Waals surface area contributed by atoms with Crippen LogP contribution in [0.4, 0.5) is 5.69 Å². The second-order valence-electron chi connectivity index (χ2n) is 5.09. The number of rotatable bonds is 7. The fourth-order valence-corrected chi connectivity index (χ4v) is 2.58. The van der Waals surface area contributed by atoms with E-state index in [-0.39, 0.29) is 0 Å². The highest BCUT2D eigenvalue weighted by molar-refractivity contribution is 5.85. The van der Waals surface area contributed by atoms with Crippen LogP contribution in [-0.4, -0.2) is 18.1 Å². The fourth-order valence-electron chi connectivity index (χ4n) is 2.58. The summed E-state index contributed by atoms with van der Waals surface area (Å²) < 4.78 is 0. The predicted molar refractivity (Wildman–Crippen MR) is 99.8 cm³/mol. The van der Waals surface area contributed by atoms with Gasteiger partial charge in [0.25, 0.3) is 0 Å². The van der Waals surface area contributed by atoms with E-state index in [1.54, 1.807) is 0 Å². The van der Waals surface area contributed by atoms with Crippen LogP contribution in [0.15, 0.2) is 43.1 Å². The summed E-state index contributed by atoms with van der Waals surface area (Å²) in [7, 11) is 0. The molecule has 2 aromatic rings. The molecule has 0 bridgehead atoms. The van der Waals surface area contributed by atoms with Gasteiger partial charge < -0.3 is 4.90 Å². The van der Waals surface area contributed by atoms with Crippen molar-refractivity contribution in [2.75, 3.05) is 18.0 Å². The Morgan fingerprint density at radius 3 is 2.55 bits per heavy atom. The van der Waals surface area contributed by atoms with Crippen LogP contribution in [0.3, 0.4) is 0 Å². The number of benzene rings is 1. The molecule has 1 aromatic heterocycles.